The average Bonchev–Trinajstić information content (AvgIpc) is 2.63. The lowest BCUT2D eigenvalue weighted by atomic mass is 9.93. The molecule has 23 heavy (non-hydrogen) atoms. The molecule has 4 aliphatic carbocycles. The Labute approximate surface area is 138 Å². The van der Waals surface area contributed by atoms with Gasteiger partial charge in [0.2, 0.25) is 0 Å². The molecule has 0 saturated heterocycles. The minimum absolute atomic E-state index is 1.19. The summed E-state index contributed by atoms with van der Waals surface area (Å²) in [6.45, 7) is 0. The maximum Gasteiger partial charge on any atom is -0.0105 e. The summed E-state index contributed by atoms with van der Waals surface area (Å²) < 4.78 is 0. The summed E-state index contributed by atoms with van der Waals surface area (Å²) in [5, 5.41) is 0. The fraction of sp³-hybridized carbons (Fsp3) is 0.217. The van der Waals surface area contributed by atoms with Crippen molar-refractivity contribution in [2.75, 3.05) is 0 Å². The third-order valence-corrected chi connectivity index (χ3v) is 4.89. The monoisotopic (exact) mass is 298 g/mol. The molecule has 0 N–H and O–H groups in total. The van der Waals surface area contributed by atoms with Crippen molar-refractivity contribution < 1.29 is 0 Å². The van der Waals surface area contributed by atoms with Crippen molar-refractivity contribution in [1.82, 2.24) is 0 Å². The van der Waals surface area contributed by atoms with Gasteiger partial charge in [-0.1, -0.05) is 79.2 Å². The normalized spacial score (nSPS) is 14.1. The minimum Gasteiger partial charge on any atom is -0.0616 e. The summed E-state index contributed by atoms with van der Waals surface area (Å²) in [6, 6.07) is 27.1. The molecule has 0 fully saturated rings. The molecule has 0 nitrogen and oxygen atoms in total. The number of aryl methyl sites for hydroxylation is 2. The predicted octanol–water partition coefficient (Wildman–Crippen LogP) is 6.29. The van der Waals surface area contributed by atoms with E-state index in [1.807, 2.05) is 0 Å². The van der Waals surface area contributed by atoms with Crippen LogP contribution in [-0.4, -0.2) is 0 Å². The molecule has 0 spiro atoms. The molecule has 0 aromatic heterocycles. The second kappa shape index (κ2) is 6.42. The molecule has 0 saturated carbocycles. The highest BCUT2D eigenvalue weighted by atomic mass is 14.1. The standard InChI is InChI=1S/C23H22/c1-2-6-18-10-14-20(15-11-18)22-8-4-5-9-23(22)21-16-12-19(7-3-1)13-17-21/h4-5,8-17H,1-3,6-7H2. The van der Waals surface area contributed by atoms with Crippen LogP contribution in [0.15, 0.2) is 72.8 Å². The zero-order valence-electron chi connectivity index (χ0n) is 13.5. The summed E-state index contributed by atoms with van der Waals surface area (Å²) in [5.41, 5.74) is 8.18. The lowest BCUT2D eigenvalue weighted by molar-refractivity contribution is 0.678. The van der Waals surface area contributed by atoms with E-state index >= 15 is 0 Å². The molecule has 4 bridgehead atoms. The van der Waals surface area contributed by atoms with Crippen LogP contribution in [0.2, 0.25) is 0 Å². The number of rotatable bonds is 0. The Morgan fingerprint density at radius 1 is 0.435 bits per heavy atom. The summed E-state index contributed by atoms with van der Waals surface area (Å²) in [6.07, 6.45) is 6.27. The molecule has 3 aromatic rings. The van der Waals surface area contributed by atoms with Gasteiger partial charge in [0.25, 0.3) is 0 Å². The lowest BCUT2D eigenvalue weighted by Crippen LogP contribution is -1.88. The van der Waals surface area contributed by atoms with Crippen molar-refractivity contribution in [2.24, 2.45) is 0 Å². The van der Waals surface area contributed by atoms with E-state index in [-0.39, 0.29) is 0 Å². The van der Waals surface area contributed by atoms with Crippen LogP contribution in [0.4, 0.5) is 0 Å². The highest BCUT2D eigenvalue weighted by Crippen LogP contribution is 2.32. The van der Waals surface area contributed by atoms with Crippen molar-refractivity contribution in [3.05, 3.63) is 83.9 Å². The van der Waals surface area contributed by atoms with Crippen LogP contribution >= 0.6 is 0 Å². The zero-order chi connectivity index (χ0) is 15.5. The molecule has 114 valence electrons. The smallest absolute Gasteiger partial charge is 0.0105 e. The molecule has 4 aliphatic rings. The average molecular weight is 298 g/mol. The topological polar surface area (TPSA) is 0 Å². The molecular formula is C23H22. The van der Waals surface area contributed by atoms with Crippen LogP contribution in [0.1, 0.15) is 30.4 Å². The van der Waals surface area contributed by atoms with E-state index in [4.69, 9.17) is 0 Å². The molecule has 7 rings (SSSR count). The Hall–Kier alpha value is -2.34. The molecule has 3 aromatic carbocycles. The van der Waals surface area contributed by atoms with Crippen LogP contribution in [-0.2, 0) is 12.8 Å². The van der Waals surface area contributed by atoms with E-state index in [1.54, 1.807) is 0 Å². The maximum absolute atomic E-state index is 2.30. The quantitative estimate of drug-likeness (QED) is 0.457. The largest absolute Gasteiger partial charge is 0.0616 e. The van der Waals surface area contributed by atoms with Crippen LogP contribution in [0.5, 0.6) is 0 Å². The first kappa shape index (κ1) is 14.3. The van der Waals surface area contributed by atoms with Crippen LogP contribution in [0.25, 0.3) is 22.3 Å². The van der Waals surface area contributed by atoms with Gasteiger partial charge >= 0.3 is 0 Å². The van der Waals surface area contributed by atoms with Gasteiger partial charge in [-0.25, -0.2) is 0 Å². The van der Waals surface area contributed by atoms with Crippen molar-refractivity contribution in [3.8, 4) is 22.3 Å². The van der Waals surface area contributed by atoms with Crippen LogP contribution in [0.3, 0.4) is 0 Å². The molecule has 0 atom stereocenters. The van der Waals surface area contributed by atoms with E-state index in [0.29, 0.717) is 0 Å². The summed E-state index contributed by atoms with van der Waals surface area (Å²) >= 11 is 0. The fourth-order valence-corrected chi connectivity index (χ4v) is 3.52. The van der Waals surface area contributed by atoms with Crippen molar-refractivity contribution in [2.45, 2.75) is 32.1 Å². The number of benzene rings is 3. The second-order valence-corrected chi connectivity index (χ2v) is 6.50. The molecule has 0 heterocycles. The molecule has 0 radical (unpaired) electrons. The Bertz CT molecular complexity index is 711. The number of hydrogen-bond donors (Lipinski definition) is 0. The summed E-state index contributed by atoms with van der Waals surface area (Å²) in [4.78, 5) is 0. The first-order valence-corrected chi connectivity index (χ1v) is 8.68. The molecule has 0 aliphatic heterocycles. The summed E-state index contributed by atoms with van der Waals surface area (Å²) in [5.74, 6) is 0. The van der Waals surface area contributed by atoms with Crippen LogP contribution in [0, 0.1) is 0 Å². The third kappa shape index (κ3) is 3.07. The lowest BCUT2D eigenvalue weighted by Gasteiger charge is -2.11. The summed E-state index contributed by atoms with van der Waals surface area (Å²) in [7, 11) is 0. The first-order chi connectivity index (χ1) is 11.4. The van der Waals surface area contributed by atoms with Gasteiger partial charge in [-0.3, -0.25) is 0 Å². The van der Waals surface area contributed by atoms with E-state index in [0.717, 1.165) is 0 Å². The fourth-order valence-electron chi connectivity index (χ4n) is 3.52. The first-order valence-electron chi connectivity index (χ1n) is 8.68. The Kier molecular flexibility index (Phi) is 3.98. The molecule has 0 amide bonds. The van der Waals surface area contributed by atoms with Gasteiger partial charge in [-0.05, 0) is 59.1 Å². The van der Waals surface area contributed by atoms with Gasteiger partial charge < -0.3 is 0 Å². The molecule has 0 unspecified atom stereocenters. The SMILES string of the molecule is c1ccc2c(c1)-c1ccc(cc1)CCCCCc1ccc-2cc1. The number of hydrogen-bond acceptors (Lipinski definition) is 0. The van der Waals surface area contributed by atoms with E-state index in [9.17, 15) is 0 Å². The van der Waals surface area contributed by atoms with E-state index in [1.165, 1.54) is 65.5 Å². The van der Waals surface area contributed by atoms with Crippen LogP contribution < -0.4 is 0 Å². The van der Waals surface area contributed by atoms with Gasteiger partial charge in [0.15, 0.2) is 0 Å². The maximum atomic E-state index is 2.30. The zero-order valence-corrected chi connectivity index (χ0v) is 13.5. The van der Waals surface area contributed by atoms with Crippen molar-refractivity contribution in [1.29, 1.82) is 0 Å². The van der Waals surface area contributed by atoms with Gasteiger partial charge in [0.1, 0.15) is 0 Å². The van der Waals surface area contributed by atoms with E-state index < -0.39 is 0 Å². The molecule has 0 heteroatoms. The van der Waals surface area contributed by atoms with E-state index in [2.05, 4.69) is 72.8 Å². The van der Waals surface area contributed by atoms with Crippen molar-refractivity contribution >= 4 is 0 Å². The highest BCUT2D eigenvalue weighted by Gasteiger charge is 2.08. The Morgan fingerprint density at radius 2 is 0.870 bits per heavy atom. The second-order valence-electron chi connectivity index (χ2n) is 6.50. The highest BCUT2D eigenvalue weighted by molar-refractivity contribution is 5.83. The minimum atomic E-state index is 1.19. The molecular weight excluding hydrogens is 276 g/mol. The van der Waals surface area contributed by atoms with Gasteiger partial charge in [0.05, 0.1) is 0 Å². The van der Waals surface area contributed by atoms with Gasteiger partial charge in [-0.15, -0.1) is 0 Å². The van der Waals surface area contributed by atoms with Gasteiger partial charge in [0, 0.05) is 0 Å². The Morgan fingerprint density at radius 3 is 1.30 bits per heavy atom. The van der Waals surface area contributed by atoms with Gasteiger partial charge in [-0.2, -0.15) is 0 Å². The van der Waals surface area contributed by atoms with Crippen molar-refractivity contribution in [3.63, 3.8) is 0 Å². The Balaban J connectivity index is 1.85. The third-order valence-electron chi connectivity index (χ3n) is 4.89. The predicted molar refractivity (Wildman–Crippen MR) is 98.6 cm³/mol.